The second kappa shape index (κ2) is 3.67. The van der Waals surface area contributed by atoms with Crippen LogP contribution in [-0.4, -0.2) is 5.54 Å². The van der Waals surface area contributed by atoms with Crippen LogP contribution in [0.25, 0.3) is 0 Å². The van der Waals surface area contributed by atoms with Crippen molar-refractivity contribution in [3.8, 4) is 6.07 Å². The number of hydrogen-bond acceptors (Lipinski definition) is 2. The Morgan fingerprint density at radius 3 is 1.87 bits per heavy atom. The first kappa shape index (κ1) is 11.7. The van der Waals surface area contributed by atoms with Crippen molar-refractivity contribution in [1.82, 2.24) is 0 Å². The Balaban J connectivity index is 3.13. The predicted octanol–water partition coefficient (Wildman–Crippen LogP) is 2.57. The van der Waals surface area contributed by atoms with Gasteiger partial charge in [0.05, 0.1) is 11.6 Å². The van der Waals surface area contributed by atoms with Crippen LogP contribution in [0.1, 0.15) is 38.8 Å². The molecule has 2 N–H and O–H groups in total. The fraction of sp³-hybridized carbons (Fsp3) is 0.462. The van der Waals surface area contributed by atoms with Crippen molar-refractivity contribution in [1.29, 1.82) is 5.26 Å². The van der Waals surface area contributed by atoms with Crippen molar-refractivity contribution in [2.45, 2.75) is 38.6 Å². The van der Waals surface area contributed by atoms with Gasteiger partial charge in [-0.05, 0) is 31.5 Å². The van der Waals surface area contributed by atoms with Gasteiger partial charge in [0.15, 0.2) is 0 Å². The van der Waals surface area contributed by atoms with E-state index in [4.69, 9.17) is 11.0 Å². The highest BCUT2D eigenvalue weighted by molar-refractivity contribution is 5.36. The lowest BCUT2D eigenvalue weighted by molar-refractivity contribution is 0.306. The Bertz CT molecular complexity index is 374. The summed E-state index contributed by atoms with van der Waals surface area (Å²) in [6, 6.07) is 9.74. The Labute approximate surface area is 91.7 Å². The Hall–Kier alpha value is -1.33. The second-order valence-electron chi connectivity index (χ2n) is 5.04. The van der Waals surface area contributed by atoms with Crippen LogP contribution >= 0.6 is 0 Å². The summed E-state index contributed by atoms with van der Waals surface area (Å²) < 4.78 is 0. The van der Waals surface area contributed by atoms with Crippen molar-refractivity contribution in [2.24, 2.45) is 5.73 Å². The minimum atomic E-state index is -0.291. The number of nitrogens with zero attached hydrogens (tertiary/aromatic N) is 1. The average molecular weight is 202 g/mol. The normalized spacial score (nSPS) is 12.3. The van der Waals surface area contributed by atoms with Gasteiger partial charge in [0.2, 0.25) is 0 Å². The van der Waals surface area contributed by atoms with Crippen LogP contribution < -0.4 is 5.73 Å². The van der Waals surface area contributed by atoms with Crippen molar-refractivity contribution in [2.75, 3.05) is 0 Å². The van der Waals surface area contributed by atoms with E-state index in [2.05, 4.69) is 19.9 Å². The van der Waals surface area contributed by atoms with Gasteiger partial charge in [-0.1, -0.05) is 26.0 Å². The van der Waals surface area contributed by atoms with Crippen molar-refractivity contribution in [3.05, 3.63) is 35.4 Å². The fourth-order valence-electron chi connectivity index (χ4n) is 1.33. The van der Waals surface area contributed by atoms with Crippen molar-refractivity contribution in [3.63, 3.8) is 0 Å². The molecule has 0 fully saturated rings. The van der Waals surface area contributed by atoms with E-state index < -0.39 is 0 Å². The average Bonchev–Trinajstić information content (AvgIpc) is 2.16. The van der Waals surface area contributed by atoms with E-state index in [0.717, 1.165) is 5.56 Å². The lowest BCUT2D eigenvalue weighted by Gasteiger charge is -2.39. The topological polar surface area (TPSA) is 49.8 Å². The molecule has 2 nitrogen and oxygen atoms in total. The minimum Gasteiger partial charge on any atom is -0.325 e. The summed E-state index contributed by atoms with van der Waals surface area (Å²) in [5, 5.41) is 8.72. The molecule has 1 rings (SSSR count). The minimum absolute atomic E-state index is 0.110. The first-order valence-corrected chi connectivity index (χ1v) is 5.08. The summed E-state index contributed by atoms with van der Waals surface area (Å²) in [5.41, 5.74) is 7.60. The standard InChI is InChI=1S/C13H18N2/c1-12(2,13(3,4)15)11-7-5-10(9-14)6-8-11/h5-8H,15H2,1-4H3. The maximum absolute atomic E-state index is 8.72. The van der Waals surface area contributed by atoms with E-state index >= 15 is 0 Å². The molecule has 0 unspecified atom stereocenters. The molecule has 0 saturated carbocycles. The molecule has 0 spiro atoms. The quantitative estimate of drug-likeness (QED) is 0.801. The number of benzene rings is 1. The zero-order valence-corrected chi connectivity index (χ0v) is 9.83. The van der Waals surface area contributed by atoms with Crippen LogP contribution in [-0.2, 0) is 5.41 Å². The molecule has 0 heterocycles. The molecule has 0 aromatic heterocycles. The molecule has 1 aromatic rings. The third kappa shape index (κ3) is 2.19. The van der Waals surface area contributed by atoms with Gasteiger partial charge >= 0.3 is 0 Å². The first-order chi connectivity index (χ1) is 6.79. The van der Waals surface area contributed by atoms with Gasteiger partial charge in [0.1, 0.15) is 0 Å². The molecule has 0 saturated heterocycles. The lowest BCUT2D eigenvalue weighted by atomic mass is 9.70. The Morgan fingerprint density at radius 2 is 1.53 bits per heavy atom. The zero-order chi connectivity index (χ0) is 11.7. The summed E-state index contributed by atoms with van der Waals surface area (Å²) >= 11 is 0. The molecule has 80 valence electrons. The molecule has 0 aliphatic rings. The van der Waals surface area contributed by atoms with Gasteiger partial charge in [-0.15, -0.1) is 0 Å². The molecule has 0 radical (unpaired) electrons. The summed E-state index contributed by atoms with van der Waals surface area (Å²) in [5.74, 6) is 0. The van der Waals surface area contributed by atoms with Crippen LogP contribution in [0.2, 0.25) is 0 Å². The van der Waals surface area contributed by atoms with E-state index in [0.29, 0.717) is 5.56 Å². The molecule has 1 aromatic carbocycles. The number of rotatable bonds is 2. The smallest absolute Gasteiger partial charge is 0.0991 e. The highest BCUT2D eigenvalue weighted by Crippen LogP contribution is 2.32. The van der Waals surface area contributed by atoms with Gasteiger partial charge in [-0.25, -0.2) is 0 Å². The van der Waals surface area contributed by atoms with Gasteiger partial charge < -0.3 is 5.73 Å². The van der Waals surface area contributed by atoms with E-state index in [9.17, 15) is 0 Å². The number of nitriles is 1. The molecule has 0 bridgehead atoms. The third-order valence-corrected chi connectivity index (χ3v) is 3.35. The highest BCUT2D eigenvalue weighted by Gasteiger charge is 2.34. The van der Waals surface area contributed by atoms with Crippen LogP contribution in [0.4, 0.5) is 0 Å². The molecule has 0 aliphatic heterocycles. The monoisotopic (exact) mass is 202 g/mol. The highest BCUT2D eigenvalue weighted by atomic mass is 14.7. The van der Waals surface area contributed by atoms with E-state index in [-0.39, 0.29) is 11.0 Å². The van der Waals surface area contributed by atoms with Crippen LogP contribution in [0.15, 0.2) is 24.3 Å². The first-order valence-electron chi connectivity index (χ1n) is 5.08. The van der Waals surface area contributed by atoms with Crippen LogP contribution in [0.5, 0.6) is 0 Å². The molecule has 0 aliphatic carbocycles. The van der Waals surface area contributed by atoms with Crippen LogP contribution in [0, 0.1) is 11.3 Å². The van der Waals surface area contributed by atoms with Gasteiger partial charge in [0.25, 0.3) is 0 Å². The van der Waals surface area contributed by atoms with Crippen molar-refractivity contribution < 1.29 is 0 Å². The molecule has 0 atom stereocenters. The summed E-state index contributed by atoms with van der Waals surface area (Å²) in [6.07, 6.45) is 0. The third-order valence-electron chi connectivity index (χ3n) is 3.35. The number of nitrogens with two attached hydrogens (primary N) is 1. The molecule has 15 heavy (non-hydrogen) atoms. The molecule has 2 heteroatoms. The van der Waals surface area contributed by atoms with Crippen LogP contribution in [0.3, 0.4) is 0 Å². The molecular weight excluding hydrogens is 184 g/mol. The van der Waals surface area contributed by atoms with E-state index in [1.165, 1.54) is 0 Å². The zero-order valence-electron chi connectivity index (χ0n) is 9.83. The summed E-state index contributed by atoms with van der Waals surface area (Å²) in [7, 11) is 0. The van der Waals surface area contributed by atoms with Gasteiger partial charge in [-0.3, -0.25) is 0 Å². The van der Waals surface area contributed by atoms with E-state index in [1.54, 1.807) is 0 Å². The van der Waals surface area contributed by atoms with Gasteiger partial charge in [-0.2, -0.15) is 5.26 Å². The van der Waals surface area contributed by atoms with Crippen molar-refractivity contribution >= 4 is 0 Å². The number of hydrogen-bond donors (Lipinski definition) is 1. The summed E-state index contributed by atoms with van der Waals surface area (Å²) in [4.78, 5) is 0. The maximum atomic E-state index is 8.72. The Morgan fingerprint density at radius 1 is 1.07 bits per heavy atom. The predicted molar refractivity (Wildman–Crippen MR) is 62.4 cm³/mol. The Kier molecular flexibility index (Phi) is 2.88. The largest absolute Gasteiger partial charge is 0.325 e. The molecule has 0 amide bonds. The summed E-state index contributed by atoms with van der Waals surface area (Å²) in [6.45, 7) is 8.28. The lowest BCUT2D eigenvalue weighted by Crippen LogP contribution is -2.50. The SMILES string of the molecule is CC(C)(N)C(C)(C)c1ccc(C#N)cc1. The fourth-order valence-corrected chi connectivity index (χ4v) is 1.33. The second-order valence-corrected chi connectivity index (χ2v) is 5.04. The van der Waals surface area contributed by atoms with Gasteiger partial charge in [0, 0.05) is 11.0 Å². The van der Waals surface area contributed by atoms with E-state index in [1.807, 2.05) is 38.1 Å². The molecular formula is C13H18N2. The maximum Gasteiger partial charge on any atom is 0.0991 e.